The Morgan fingerprint density at radius 1 is 1.00 bits per heavy atom. The van der Waals surface area contributed by atoms with Crippen LogP contribution < -0.4 is 0 Å². The number of unbranched alkanes of at least 4 members (excludes halogenated alkanes) is 5. The largest absolute Gasteiger partial charge is 0.466 e. The van der Waals surface area contributed by atoms with E-state index in [4.69, 9.17) is 4.74 Å². The molecule has 0 saturated heterocycles. The predicted molar refractivity (Wildman–Crippen MR) is 84.1 cm³/mol. The van der Waals surface area contributed by atoms with Crippen LogP contribution in [0, 0.1) is 0 Å². The minimum atomic E-state index is -0.165. The Kier molecular flexibility index (Phi) is 11.9. The summed E-state index contributed by atoms with van der Waals surface area (Å²) >= 11 is 3.27. The first-order valence-corrected chi connectivity index (χ1v) is 9.05. The normalized spacial score (nSPS) is 10.2. The summed E-state index contributed by atoms with van der Waals surface area (Å²) in [7, 11) is 1.46. The Morgan fingerprint density at radius 3 is 2.06 bits per heavy atom. The van der Waals surface area contributed by atoms with E-state index in [9.17, 15) is 4.79 Å². The number of esters is 1. The first kappa shape index (κ1) is 17.9. The molecule has 0 aromatic carbocycles. The van der Waals surface area contributed by atoms with E-state index in [1.807, 2.05) is 12.5 Å². The van der Waals surface area contributed by atoms with Crippen LogP contribution in [0.2, 0.25) is 0 Å². The van der Waals surface area contributed by atoms with Gasteiger partial charge >= 0.3 is 5.97 Å². The lowest BCUT2D eigenvalue weighted by molar-refractivity contribution is -0.136. The highest BCUT2D eigenvalue weighted by atomic mass is 32.2. The van der Waals surface area contributed by atoms with Crippen LogP contribution >= 0.6 is 23.5 Å². The van der Waals surface area contributed by atoms with Gasteiger partial charge in [-0.2, -0.15) is 0 Å². The Labute approximate surface area is 120 Å². The summed E-state index contributed by atoms with van der Waals surface area (Å²) in [5.74, 6) is -0.165. The van der Waals surface area contributed by atoms with Gasteiger partial charge in [0.1, 0.15) is 0 Å². The van der Waals surface area contributed by atoms with E-state index in [0.29, 0.717) is 0 Å². The summed E-state index contributed by atoms with van der Waals surface area (Å²) in [6.07, 6.45) is 12.3. The van der Waals surface area contributed by atoms with Crippen molar-refractivity contribution >= 4 is 29.5 Å². The molecule has 0 atom stereocenters. The highest BCUT2D eigenvalue weighted by Gasteiger charge is 2.14. The maximum atomic E-state index is 11.7. The van der Waals surface area contributed by atoms with Crippen molar-refractivity contribution in [1.82, 2.24) is 0 Å². The van der Waals surface area contributed by atoms with Crippen molar-refractivity contribution in [2.24, 2.45) is 0 Å². The lowest BCUT2D eigenvalue weighted by Crippen LogP contribution is -2.06. The minimum absolute atomic E-state index is 0.165. The molecule has 106 valence electrons. The smallest absolute Gasteiger partial charge is 0.335 e. The molecule has 0 amide bonds. The van der Waals surface area contributed by atoms with E-state index >= 15 is 0 Å². The van der Waals surface area contributed by atoms with Crippen molar-refractivity contribution in [1.29, 1.82) is 0 Å². The summed E-state index contributed by atoms with van der Waals surface area (Å²) in [6.45, 7) is 2.22. The van der Waals surface area contributed by atoms with Crippen LogP contribution in [0.5, 0.6) is 0 Å². The molecule has 0 fully saturated rings. The van der Waals surface area contributed by atoms with Gasteiger partial charge < -0.3 is 4.74 Å². The molecular weight excluding hydrogens is 264 g/mol. The average molecular weight is 290 g/mol. The molecule has 0 aromatic rings. The van der Waals surface area contributed by atoms with Crippen LogP contribution in [-0.2, 0) is 9.53 Å². The molecule has 0 N–H and O–H groups in total. The molecule has 0 radical (unpaired) electrons. The molecule has 18 heavy (non-hydrogen) atoms. The zero-order valence-electron chi connectivity index (χ0n) is 12.1. The van der Waals surface area contributed by atoms with Crippen molar-refractivity contribution in [2.75, 3.05) is 19.6 Å². The van der Waals surface area contributed by atoms with Crippen molar-refractivity contribution < 1.29 is 9.53 Å². The van der Waals surface area contributed by atoms with E-state index in [1.165, 1.54) is 39.2 Å². The van der Waals surface area contributed by atoms with Gasteiger partial charge in [0.05, 0.1) is 16.9 Å². The second-order valence-corrected chi connectivity index (χ2v) is 6.08. The molecule has 0 spiro atoms. The van der Waals surface area contributed by atoms with Gasteiger partial charge in [0.2, 0.25) is 0 Å². The number of carbonyl (C=O) groups is 1. The Bertz CT molecular complexity index is 257. The maximum Gasteiger partial charge on any atom is 0.335 e. The fourth-order valence-electron chi connectivity index (χ4n) is 1.82. The average Bonchev–Trinajstić information content (AvgIpc) is 2.40. The molecule has 0 bridgehead atoms. The third kappa shape index (κ3) is 7.37. The quantitative estimate of drug-likeness (QED) is 0.326. The molecule has 0 unspecified atom stereocenters. The van der Waals surface area contributed by atoms with Crippen LogP contribution in [-0.4, -0.2) is 25.6 Å². The van der Waals surface area contributed by atoms with Crippen LogP contribution in [0.3, 0.4) is 0 Å². The van der Waals surface area contributed by atoms with E-state index in [-0.39, 0.29) is 5.97 Å². The van der Waals surface area contributed by atoms with E-state index < -0.39 is 0 Å². The molecule has 0 heterocycles. The fraction of sp³-hybridized carbons (Fsp3) is 0.786. The van der Waals surface area contributed by atoms with E-state index in [1.54, 1.807) is 23.5 Å². The monoisotopic (exact) mass is 290 g/mol. The zero-order valence-corrected chi connectivity index (χ0v) is 13.7. The topological polar surface area (TPSA) is 26.3 Å². The van der Waals surface area contributed by atoms with Crippen LogP contribution in [0.25, 0.3) is 0 Å². The molecular formula is C14H26O2S2. The van der Waals surface area contributed by atoms with Crippen LogP contribution in [0.15, 0.2) is 9.81 Å². The second kappa shape index (κ2) is 12.0. The molecule has 0 aromatic heterocycles. The van der Waals surface area contributed by atoms with Crippen molar-refractivity contribution in [3.8, 4) is 0 Å². The molecule has 0 aliphatic carbocycles. The number of hydrogen-bond donors (Lipinski definition) is 0. The van der Waals surface area contributed by atoms with Gasteiger partial charge in [0.25, 0.3) is 0 Å². The highest BCUT2D eigenvalue weighted by Crippen LogP contribution is 2.30. The second-order valence-electron chi connectivity index (χ2n) is 4.18. The number of rotatable bonds is 10. The van der Waals surface area contributed by atoms with Crippen LogP contribution in [0.1, 0.15) is 51.9 Å². The summed E-state index contributed by atoms with van der Waals surface area (Å²) in [5, 5.41) is 0. The first-order chi connectivity index (χ1) is 8.71. The molecule has 0 aliphatic rings. The highest BCUT2D eigenvalue weighted by molar-refractivity contribution is 8.21. The third-order valence-corrected chi connectivity index (χ3v) is 5.06. The maximum absolute atomic E-state index is 11.7. The number of hydrogen-bond acceptors (Lipinski definition) is 4. The lowest BCUT2D eigenvalue weighted by Gasteiger charge is -2.10. The lowest BCUT2D eigenvalue weighted by atomic mass is 10.1. The van der Waals surface area contributed by atoms with Gasteiger partial charge in [-0.25, -0.2) is 4.79 Å². The molecule has 0 rings (SSSR count). The number of carbonyl (C=O) groups excluding carboxylic acids is 1. The zero-order chi connectivity index (χ0) is 13.8. The van der Waals surface area contributed by atoms with Crippen molar-refractivity contribution in [3.05, 3.63) is 9.81 Å². The molecule has 4 heteroatoms. The van der Waals surface area contributed by atoms with Gasteiger partial charge in [-0.15, -0.1) is 23.5 Å². The predicted octanol–water partition coefficient (Wildman–Crippen LogP) is 4.85. The third-order valence-electron chi connectivity index (χ3n) is 2.83. The van der Waals surface area contributed by atoms with E-state index in [2.05, 4.69) is 6.92 Å². The molecule has 0 aliphatic heterocycles. The van der Waals surface area contributed by atoms with E-state index in [0.717, 1.165) is 22.7 Å². The summed E-state index contributed by atoms with van der Waals surface area (Å²) < 4.78 is 5.96. The Morgan fingerprint density at radius 2 is 1.56 bits per heavy atom. The first-order valence-electron chi connectivity index (χ1n) is 6.60. The SMILES string of the molecule is CCCCCCCCC(C(=O)OC)=C(SC)SC. The number of methoxy groups -OCH3 is 1. The van der Waals surface area contributed by atoms with Gasteiger partial charge in [-0.1, -0.05) is 39.0 Å². The number of thioether (sulfide) groups is 2. The molecule has 0 saturated carbocycles. The minimum Gasteiger partial charge on any atom is -0.466 e. The van der Waals surface area contributed by atoms with Crippen molar-refractivity contribution in [2.45, 2.75) is 51.9 Å². The van der Waals surface area contributed by atoms with Crippen molar-refractivity contribution in [3.63, 3.8) is 0 Å². The summed E-state index contributed by atoms with van der Waals surface area (Å²) in [5.41, 5.74) is 0.855. The molecule has 2 nitrogen and oxygen atoms in total. The Balaban J connectivity index is 4.19. The standard InChI is InChI=1S/C14H26O2S2/c1-5-6-7-8-9-10-11-12(13(15)16-2)14(17-3)18-4/h5-11H2,1-4H3. The van der Waals surface area contributed by atoms with Crippen LogP contribution in [0.4, 0.5) is 0 Å². The van der Waals surface area contributed by atoms with Gasteiger partial charge in [-0.05, 0) is 25.4 Å². The Hall–Kier alpha value is -0.0900. The summed E-state index contributed by atoms with van der Waals surface area (Å²) in [6, 6.07) is 0. The fourth-order valence-corrected chi connectivity index (χ4v) is 3.35. The van der Waals surface area contributed by atoms with Gasteiger partial charge in [0, 0.05) is 0 Å². The number of ether oxygens (including phenoxy) is 1. The van der Waals surface area contributed by atoms with Gasteiger partial charge in [-0.3, -0.25) is 0 Å². The van der Waals surface area contributed by atoms with Gasteiger partial charge in [0.15, 0.2) is 0 Å². The summed E-state index contributed by atoms with van der Waals surface area (Å²) in [4.78, 5) is 11.7.